The van der Waals surface area contributed by atoms with Crippen LogP contribution in [-0.4, -0.2) is 6.21 Å². The van der Waals surface area contributed by atoms with Gasteiger partial charge >= 0.3 is 0 Å². The number of aliphatic imine (C=N–C) groups is 1. The second-order valence-electron chi connectivity index (χ2n) is 3.83. The SMILES string of the molecule is CC1=C(C)C2C=NC=CC2CC=C1. The molecule has 0 saturated carbocycles. The third-order valence-corrected chi connectivity index (χ3v) is 3.03. The van der Waals surface area contributed by atoms with Crippen molar-refractivity contribution >= 4 is 6.21 Å². The van der Waals surface area contributed by atoms with E-state index >= 15 is 0 Å². The molecule has 2 aliphatic rings. The number of nitrogens with zero attached hydrogens (tertiary/aromatic N) is 1. The van der Waals surface area contributed by atoms with Crippen LogP contribution in [0.25, 0.3) is 0 Å². The van der Waals surface area contributed by atoms with Gasteiger partial charge in [0.25, 0.3) is 0 Å². The van der Waals surface area contributed by atoms with Crippen molar-refractivity contribution in [3.05, 3.63) is 35.6 Å². The molecule has 0 N–H and O–H groups in total. The van der Waals surface area contributed by atoms with Gasteiger partial charge < -0.3 is 0 Å². The minimum Gasteiger partial charge on any atom is -0.269 e. The van der Waals surface area contributed by atoms with Crippen molar-refractivity contribution in [3.63, 3.8) is 0 Å². The summed E-state index contributed by atoms with van der Waals surface area (Å²) in [6, 6.07) is 0. The van der Waals surface area contributed by atoms with E-state index in [1.807, 2.05) is 6.20 Å². The van der Waals surface area contributed by atoms with Crippen LogP contribution in [0.5, 0.6) is 0 Å². The van der Waals surface area contributed by atoms with Gasteiger partial charge in [0.15, 0.2) is 0 Å². The Morgan fingerprint density at radius 1 is 1.38 bits per heavy atom. The van der Waals surface area contributed by atoms with E-state index in [2.05, 4.69) is 43.3 Å². The van der Waals surface area contributed by atoms with Gasteiger partial charge in [0.05, 0.1) is 0 Å². The molecule has 2 unspecified atom stereocenters. The number of hydrogen-bond donors (Lipinski definition) is 0. The van der Waals surface area contributed by atoms with E-state index in [4.69, 9.17) is 0 Å². The molecule has 0 aromatic carbocycles. The molecule has 0 radical (unpaired) electrons. The Kier molecular flexibility index (Phi) is 2.17. The zero-order valence-corrected chi connectivity index (χ0v) is 8.20. The fraction of sp³-hybridized carbons (Fsp3) is 0.417. The molecule has 0 aromatic rings. The largest absolute Gasteiger partial charge is 0.269 e. The third kappa shape index (κ3) is 1.51. The van der Waals surface area contributed by atoms with Gasteiger partial charge in [-0.25, -0.2) is 0 Å². The zero-order chi connectivity index (χ0) is 9.26. The third-order valence-electron chi connectivity index (χ3n) is 3.03. The molecule has 0 aromatic heterocycles. The van der Waals surface area contributed by atoms with Crippen LogP contribution in [0.4, 0.5) is 0 Å². The lowest BCUT2D eigenvalue weighted by Crippen LogP contribution is -2.17. The smallest absolute Gasteiger partial charge is 0.0227 e. The highest BCUT2D eigenvalue weighted by Gasteiger charge is 2.22. The van der Waals surface area contributed by atoms with Crippen molar-refractivity contribution in [2.45, 2.75) is 20.3 Å². The van der Waals surface area contributed by atoms with Crippen LogP contribution in [0.15, 0.2) is 40.6 Å². The molecule has 0 saturated heterocycles. The van der Waals surface area contributed by atoms with Crippen molar-refractivity contribution < 1.29 is 0 Å². The first-order chi connectivity index (χ1) is 6.29. The van der Waals surface area contributed by atoms with Gasteiger partial charge in [-0.1, -0.05) is 29.4 Å². The standard InChI is InChI=1S/C12H15N/c1-9-4-3-5-11-6-7-13-8-12(11)10(9)2/h3-4,6-8,11-12H,5H2,1-2H3. The van der Waals surface area contributed by atoms with Crippen LogP contribution in [0, 0.1) is 11.8 Å². The molecule has 13 heavy (non-hydrogen) atoms. The van der Waals surface area contributed by atoms with E-state index in [9.17, 15) is 0 Å². The Morgan fingerprint density at radius 3 is 3.08 bits per heavy atom. The van der Waals surface area contributed by atoms with E-state index < -0.39 is 0 Å². The lowest BCUT2D eigenvalue weighted by atomic mass is 9.84. The van der Waals surface area contributed by atoms with Gasteiger partial charge in [0.2, 0.25) is 0 Å². The molecule has 68 valence electrons. The van der Waals surface area contributed by atoms with Crippen LogP contribution in [0.1, 0.15) is 20.3 Å². The maximum atomic E-state index is 4.22. The molecule has 0 fully saturated rings. The molecular formula is C12H15N. The van der Waals surface area contributed by atoms with Crippen LogP contribution >= 0.6 is 0 Å². The Bertz CT molecular complexity index is 318. The predicted octanol–water partition coefficient (Wildman–Crippen LogP) is 3.11. The Labute approximate surface area is 79.6 Å². The molecule has 0 bridgehead atoms. The maximum Gasteiger partial charge on any atom is 0.0227 e. The maximum absolute atomic E-state index is 4.22. The molecular weight excluding hydrogens is 158 g/mol. The lowest BCUT2D eigenvalue weighted by Gasteiger charge is -2.22. The minimum atomic E-state index is 0.528. The van der Waals surface area contributed by atoms with Crippen LogP contribution in [-0.2, 0) is 0 Å². The number of hydrogen-bond acceptors (Lipinski definition) is 1. The Balaban J connectivity index is 2.37. The first-order valence-electron chi connectivity index (χ1n) is 4.83. The molecule has 0 spiro atoms. The zero-order valence-electron chi connectivity index (χ0n) is 8.20. The highest BCUT2D eigenvalue weighted by molar-refractivity contribution is 5.68. The van der Waals surface area contributed by atoms with Gasteiger partial charge in [-0.3, -0.25) is 4.99 Å². The Morgan fingerprint density at radius 2 is 2.23 bits per heavy atom. The molecule has 1 heterocycles. The summed E-state index contributed by atoms with van der Waals surface area (Å²) in [6.07, 6.45) is 11.9. The summed E-state index contributed by atoms with van der Waals surface area (Å²) in [4.78, 5) is 4.22. The van der Waals surface area contributed by atoms with Gasteiger partial charge in [-0.15, -0.1) is 0 Å². The van der Waals surface area contributed by atoms with Crippen molar-refractivity contribution in [1.82, 2.24) is 0 Å². The average molecular weight is 173 g/mol. The molecule has 1 heteroatoms. The van der Waals surface area contributed by atoms with Gasteiger partial charge in [-0.05, 0) is 26.2 Å². The summed E-state index contributed by atoms with van der Waals surface area (Å²) in [7, 11) is 0. The monoisotopic (exact) mass is 173 g/mol. The quantitative estimate of drug-likeness (QED) is 0.533. The van der Waals surface area contributed by atoms with E-state index in [0.717, 1.165) is 6.42 Å². The van der Waals surface area contributed by atoms with Crippen LogP contribution in [0.3, 0.4) is 0 Å². The van der Waals surface area contributed by atoms with Crippen molar-refractivity contribution in [2.75, 3.05) is 0 Å². The Hall–Kier alpha value is -1.11. The van der Waals surface area contributed by atoms with Gasteiger partial charge in [0, 0.05) is 18.3 Å². The molecule has 2 rings (SSSR count). The summed E-state index contributed by atoms with van der Waals surface area (Å²) in [5.74, 6) is 1.16. The lowest BCUT2D eigenvalue weighted by molar-refractivity contribution is 0.570. The van der Waals surface area contributed by atoms with Gasteiger partial charge in [-0.2, -0.15) is 0 Å². The highest BCUT2D eigenvalue weighted by atomic mass is 14.7. The summed E-state index contributed by atoms with van der Waals surface area (Å²) < 4.78 is 0. The topological polar surface area (TPSA) is 12.4 Å². The van der Waals surface area contributed by atoms with E-state index in [1.165, 1.54) is 11.1 Å². The summed E-state index contributed by atoms with van der Waals surface area (Å²) in [5.41, 5.74) is 2.86. The van der Waals surface area contributed by atoms with Gasteiger partial charge in [0.1, 0.15) is 0 Å². The normalized spacial score (nSPS) is 31.8. The van der Waals surface area contributed by atoms with Crippen molar-refractivity contribution in [2.24, 2.45) is 16.8 Å². The molecule has 1 aliphatic carbocycles. The average Bonchev–Trinajstić information content (AvgIpc) is 2.29. The van der Waals surface area contributed by atoms with Crippen molar-refractivity contribution in [1.29, 1.82) is 0 Å². The number of fused-ring (bicyclic) bond motifs is 1. The minimum absolute atomic E-state index is 0.528. The summed E-state index contributed by atoms with van der Waals surface area (Å²) in [6.45, 7) is 4.40. The summed E-state index contributed by atoms with van der Waals surface area (Å²) >= 11 is 0. The molecule has 1 aliphatic heterocycles. The first kappa shape index (κ1) is 8.49. The first-order valence-corrected chi connectivity index (χ1v) is 4.83. The van der Waals surface area contributed by atoms with Crippen molar-refractivity contribution in [3.8, 4) is 0 Å². The molecule has 0 amide bonds. The number of allylic oxidation sites excluding steroid dienone is 5. The van der Waals surface area contributed by atoms with Crippen LogP contribution in [0.2, 0.25) is 0 Å². The van der Waals surface area contributed by atoms with E-state index in [1.54, 1.807) is 0 Å². The van der Waals surface area contributed by atoms with E-state index in [0.29, 0.717) is 11.8 Å². The highest BCUT2D eigenvalue weighted by Crippen LogP contribution is 2.31. The predicted molar refractivity (Wildman–Crippen MR) is 56.7 cm³/mol. The van der Waals surface area contributed by atoms with E-state index in [-0.39, 0.29) is 0 Å². The second kappa shape index (κ2) is 3.33. The number of rotatable bonds is 0. The van der Waals surface area contributed by atoms with Crippen LogP contribution < -0.4 is 0 Å². The fourth-order valence-corrected chi connectivity index (χ4v) is 1.99. The molecule has 2 atom stereocenters. The second-order valence-corrected chi connectivity index (χ2v) is 3.83. The molecule has 1 nitrogen and oxygen atoms in total. The summed E-state index contributed by atoms with van der Waals surface area (Å²) in [5, 5.41) is 0. The fourth-order valence-electron chi connectivity index (χ4n) is 1.99.